The van der Waals surface area contributed by atoms with Gasteiger partial charge in [-0.3, -0.25) is 9.59 Å². The van der Waals surface area contributed by atoms with Crippen LogP contribution in [-0.2, 0) is 6.42 Å². The van der Waals surface area contributed by atoms with Crippen LogP contribution < -0.4 is 5.43 Å². The monoisotopic (exact) mass is 387 g/mol. The highest BCUT2D eigenvalue weighted by Crippen LogP contribution is 2.39. The Morgan fingerprint density at radius 1 is 0.929 bits per heavy atom. The lowest BCUT2D eigenvalue weighted by Gasteiger charge is -2.23. The van der Waals surface area contributed by atoms with Gasteiger partial charge in [-0.2, -0.15) is 0 Å². The quantitative estimate of drug-likeness (QED) is 0.512. The summed E-state index contributed by atoms with van der Waals surface area (Å²) in [6.07, 6.45) is 0.718. The van der Waals surface area contributed by atoms with Crippen molar-refractivity contribution in [2.45, 2.75) is 12.5 Å². The number of fused-ring (bicyclic) bond motifs is 2. The molecule has 5 rings (SSSR count). The van der Waals surface area contributed by atoms with Crippen molar-refractivity contribution in [1.82, 2.24) is 4.90 Å². The molecule has 5 heteroatoms. The van der Waals surface area contributed by atoms with Gasteiger partial charge in [0.15, 0.2) is 5.43 Å². The molecule has 3 heterocycles. The zero-order valence-corrected chi connectivity index (χ0v) is 15.8. The summed E-state index contributed by atoms with van der Waals surface area (Å²) in [5.74, 6) is -0.0395. The number of nitrogens with zero attached hydrogens (tertiary/aromatic N) is 1. The van der Waals surface area contributed by atoms with Crippen LogP contribution in [0.2, 0.25) is 0 Å². The lowest BCUT2D eigenvalue weighted by Crippen LogP contribution is -2.31. The lowest BCUT2D eigenvalue weighted by atomic mass is 10.0. The molecule has 138 valence electrons. The summed E-state index contributed by atoms with van der Waals surface area (Å²) < 4.78 is 5.92. The third kappa shape index (κ3) is 2.67. The first kappa shape index (κ1) is 17.0. The fourth-order valence-electron chi connectivity index (χ4n) is 3.83. The van der Waals surface area contributed by atoms with Gasteiger partial charge in [-0.15, -0.1) is 11.3 Å². The SMILES string of the molecule is O=C1c2oc3ccccc3c(=O)c2C(c2cccs2)N1CCc1ccccc1. The molecule has 1 amide bonds. The maximum Gasteiger partial charge on any atom is 0.290 e. The van der Waals surface area contributed by atoms with Crippen LogP contribution in [0.15, 0.2) is 81.3 Å². The molecule has 4 aromatic rings. The molecule has 0 saturated carbocycles. The molecule has 2 aromatic heterocycles. The summed E-state index contributed by atoms with van der Waals surface area (Å²) in [6, 6.07) is 20.7. The van der Waals surface area contributed by atoms with Crippen molar-refractivity contribution in [1.29, 1.82) is 0 Å². The van der Waals surface area contributed by atoms with Crippen molar-refractivity contribution in [3.05, 3.63) is 104 Å². The number of carbonyl (C=O) groups excluding carboxylic acids is 1. The summed E-state index contributed by atoms with van der Waals surface area (Å²) in [5, 5.41) is 2.48. The number of carbonyl (C=O) groups is 1. The first-order valence-corrected chi connectivity index (χ1v) is 10.1. The number of amides is 1. The minimum Gasteiger partial charge on any atom is -0.450 e. The molecule has 28 heavy (non-hydrogen) atoms. The summed E-state index contributed by atoms with van der Waals surface area (Å²) in [7, 11) is 0. The number of para-hydroxylation sites is 1. The number of hydrogen-bond acceptors (Lipinski definition) is 4. The molecular formula is C23H17NO3S. The summed E-state index contributed by atoms with van der Waals surface area (Å²) >= 11 is 1.55. The van der Waals surface area contributed by atoms with Crippen LogP contribution in [0.25, 0.3) is 11.0 Å². The van der Waals surface area contributed by atoms with E-state index in [4.69, 9.17) is 4.42 Å². The van der Waals surface area contributed by atoms with Gasteiger partial charge in [0.2, 0.25) is 5.76 Å². The average Bonchev–Trinajstić information content (AvgIpc) is 3.35. The van der Waals surface area contributed by atoms with Gasteiger partial charge in [0, 0.05) is 11.4 Å². The van der Waals surface area contributed by atoms with Crippen molar-refractivity contribution in [2.75, 3.05) is 6.54 Å². The van der Waals surface area contributed by atoms with Crippen LogP contribution in [0.5, 0.6) is 0 Å². The molecule has 0 bridgehead atoms. The first-order chi connectivity index (χ1) is 13.7. The van der Waals surface area contributed by atoms with Crippen LogP contribution in [0.3, 0.4) is 0 Å². The Kier molecular flexibility index (Phi) is 4.10. The third-order valence-corrected chi connectivity index (χ3v) is 6.09. The second-order valence-electron chi connectivity index (χ2n) is 6.82. The highest BCUT2D eigenvalue weighted by Gasteiger charge is 2.42. The molecule has 0 fully saturated rings. The zero-order valence-electron chi connectivity index (χ0n) is 15.0. The number of benzene rings is 2. The largest absolute Gasteiger partial charge is 0.450 e. The molecule has 4 nitrogen and oxygen atoms in total. The van der Waals surface area contributed by atoms with Gasteiger partial charge in [-0.25, -0.2) is 0 Å². The fourth-order valence-corrected chi connectivity index (χ4v) is 4.68. The lowest BCUT2D eigenvalue weighted by molar-refractivity contribution is 0.0732. The second kappa shape index (κ2) is 6.77. The predicted molar refractivity (Wildman–Crippen MR) is 110 cm³/mol. The van der Waals surface area contributed by atoms with Crippen molar-refractivity contribution < 1.29 is 9.21 Å². The smallest absolute Gasteiger partial charge is 0.290 e. The second-order valence-corrected chi connectivity index (χ2v) is 7.80. The van der Waals surface area contributed by atoms with Crippen LogP contribution in [0, 0.1) is 0 Å². The Balaban J connectivity index is 1.63. The van der Waals surface area contributed by atoms with E-state index in [1.54, 1.807) is 34.4 Å². The Bertz CT molecular complexity index is 1210. The molecule has 0 aliphatic carbocycles. The standard InChI is InChI=1S/C23H17NO3S/c25-21-16-9-4-5-10-17(16)27-22-19(21)20(18-11-6-14-28-18)24(23(22)26)13-12-15-7-2-1-3-8-15/h1-11,14,20H,12-13H2. The molecule has 1 aliphatic heterocycles. The van der Waals surface area contributed by atoms with E-state index in [-0.39, 0.29) is 17.1 Å². The van der Waals surface area contributed by atoms with E-state index < -0.39 is 6.04 Å². The van der Waals surface area contributed by atoms with Crippen LogP contribution in [0.1, 0.15) is 32.6 Å². The van der Waals surface area contributed by atoms with Crippen molar-refractivity contribution in [2.24, 2.45) is 0 Å². The Morgan fingerprint density at radius 2 is 1.71 bits per heavy atom. The van der Waals surface area contributed by atoms with E-state index in [9.17, 15) is 9.59 Å². The predicted octanol–water partition coefficient (Wildman–Crippen LogP) is 4.64. The van der Waals surface area contributed by atoms with E-state index in [0.29, 0.717) is 23.1 Å². The first-order valence-electron chi connectivity index (χ1n) is 9.18. The molecule has 0 spiro atoms. The van der Waals surface area contributed by atoms with Crippen molar-refractivity contribution >= 4 is 28.2 Å². The van der Waals surface area contributed by atoms with Crippen LogP contribution >= 0.6 is 11.3 Å². The minimum absolute atomic E-state index is 0.120. The van der Waals surface area contributed by atoms with Crippen LogP contribution in [0.4, 0.5) is 0 Å². The normalized spacial score (nSPS) is 15.9. The summed E-state index contributed by atoms with van der Waals surface area (Å²) in [6.45, 7) is 0.519. The van der Waals surface area contributed by atoms with Gasteiger partial charge in [0.25, 0.3) is 5.91 Å². The molecule has 0 radical (unpaired) electrons. The van der Waals surface area contributed by atoms with Gasteiger partial charge in [0.1, 0.15) is 5.58 Å². The Labute approximate surface area is 165 Å². The van der Waals surface area contributed by atoms with Gasteiger partial charge in [-0.05, 0) is 35.6 Å². The summed E-state index contributed by atoms with van der Waals surface area (Å²) in [4.78, 5) is 29.2. The van der Waals surface area contributed by atoms with Gasteiger partial charge in [-0.1, -0.05) is 48.5 Å². The molecule has 0 N–H and O–H groups in total. The Hall–Kier alpha value is -3.18. The van der Waals surface area contributed by atoms with Gasteiger partial charge in [0.05, 0.1) is 17.0 Å². The van der Waals surface area contributed by atoms with E-state index in [1.165, 1.54) is 0 Å². The number of hydrogen-bond donors (Lipinski definition) is 0. The van der Waals surface area contributed by atoms with E-state index in [2.05, 4.69) is 0 Å². The number of rotatable bonds is 4. The maximum absolute atomic E-state index is 13.3. The van der Waals surface area contributed by atoms with E-state index in [1.807, 2.05) is 53.9 Å². The van der Waals surface area contributed by atoms with Crippen molar-refractivity contribution in [3.63, 3.8) is 0 Å². The molecule has 1 unspecified atom stereocenters. The van der Waals surface area contributed by atoms with Crippen LogP contribution in [-0.4, -0.2) is 17.4 Å². The molecule has 0 saturated heterocycles. The van der Waals surface area contributed by atoms with Gasteiger partial charge >= 0.3 is 0 Å². The zero-order chi connectivity index (χ0) is 19.1. The molecular weight excluding hydrogens is 370 g/mol. The highest BCUT2D eigenvalue weighted by molar-refractivity contribution is 7.10. The third-order valence-electron chi connectivity index (χ3n) is 5.17. The minimum atomic E-state index is -0.396. The molecule has 2 aromatic carbocycles. The number of thiophene rings is 1. The Morgan fingerprint density at radius 3 is 2.50 bits per heavy atom. The fraction of sp³-hybridized carbons (Fsp3) is 0.130. The van der Waals surface area contributed by atoms with E-state index >= 15 is 0 Å². The van der Waals surface area contributed by atoms with Crippen molar-refractivity contribution in [3.8, 4) is 0 Å². The molecule has 1 aliphatic rings. The summed E-state index contributed by atoms with van der Waals surface area (Å²) in [5.41, 5.74) is 1.94. The topological polar surface area (TPSA) is 50.5 Å². The highest BCUT2D eigenvalue weighted by atomic mass is 32.1. The van der Waals surface area contributed by atoms with Gasteiger partial charge < -0.3 is 9.32 Å². The van der Waals surface area contributed by atoms with E-state index in [0.717, 1.165) is 16.9 Å². The average molecular weight is 387 g/mol. The molecule has 1 atom stereocenters. The maximum atomic E-state index is 13.3.